The summed E-state index contributed by atoms with van der Waals surface area (Å²) in [5, 5.41) is 10.5. The lowest BCUT2D eigenvalue weighted by Crippen LogP contribution is -2.47. The molecule has 0 aliphatic carbocycles. The van der Waals surface area contributed by atoms with E-state index in [2.05, 4.69) is 11.8 Å². The first-order valence-corrected chi connectivity index (χ1v) is 6.20. The molecular weight excluding hydrogens is 214 g/mol. The molecule has 2 unspecified atom stereocenters. The Kier molecular flexibility index (Phi) is 3.82. The second kappa shape index (κ2) is 5.17. The summed E-state index contributed by atoms with van der Waals surface area (Å²) < 4.78 is 5.50. The van der Waals surface area contributed by atoms with Crippen molar-refractivity contribution in [2.24, 2.45) is 0 Å². The van der Waals surface area contributed by atoms with Crippen molar-refractivity contribution in [3.8, 4) is 0 Å². The van der Waals surface area contributed by atoms with Gasteiger partial charge in [-0.25, -0.2) is 0 Å². The van der Waals surface area contributed by atoms with E-state index < -0.39 is 5.60 Å². The Morgan fingerprint density at radius 3 is 2.76 bits per heavy atom. The van der Waals surface area contributed by atoms with Gasteiger partial charge in [0.1, 0.15) is 0 Å². The molecule has 0 aromatic heterocycles. The van der Waals surface area contributed by atoms with Gasteiger partial charge in [-0.2, -0.15) is 0 Å². The SMILES string of the molecule is CC1CN(CC(C)(O)c2ccccc2)CCO1. The molecule has 0 radical (unpaired) electrons. The molecule has 3 nitrogen and oxygen atoms in total. The van der Waals surface area contributed by atoms with Crippen LogP contribution in [0.4, 0.5) is 0 Å². The summed E-state index contributed by atoms with van der Waals surface area (Å²) in [4.78, 5) is 2.27. The van der Waals surface area contributed by atoms with Crippen LogP contribution in [0.1, 0.15) is 19.4 Å². The molecule has 1 N–H and O–H groups in total. The van der Waals surface area contributed by atoms with Gasteiger partial charge >= 0.3 is 0 Å². The van der Waals surface area contributed by atoms with E-state index in [9.17, 15) is 5.11 Å². The van der Waals surface area contributed by atoms with E-state index in [0.29, 0.717) is 6.54 Å². The first-order valence-electron chi connectivity index (χ1n) is 6.20. The van der Waals surface area contributed by atoms with Crippen LogP contribution in [0, 0.1) is 0 Å². The molecule has 1 aliphatic rings. The highest BCUT2D eigenvalue weighted by atomic mass is 16.5. The molecule has 2 rings (SSSR count). The molecule has 0 saturated carbocycles. The van der Waals surface area contributed by atoms with Crippen molar-refractivity contribution in [3.63, 3.8) is 0 Å². The van der Waals surface area contributed by atoms with Crippen molar-refractivity contribution in [3.05, 3.63) is 35.9 Å². The molecule has 1 fully saturated rings. The van der Waals surface area contributed by atoms with Crippen molar-refractivity contribution in [2.75, 3.05) is 26.2 Å². The van der Waals surface area contributed by atoms with Crippen LogP contribution >= 0.6 is 0 Å². The molecule has 0 spiro atoms. The molecule has 1 aromatic carbocycles. The fourth-order valence-electron chi connectivity index (χ4n) is 2.36. The molecule has 1 aromatic rings. The molecule has 0 amide bonds. The van der Waals surface area contributed by atoms with Gasteiger partial charge in [-0.3, -0.25) is 4.90 Å². The summed E-state index contributed by atoms with van der Waals surface area (Å²) in [6, 6.07) is 9.85. The maximum Gasteiger partial charge on any atom is 0.0994 e. The lowest BCUT2D eigenvalue weighted by atomic mass is 9.95. The van der Waals surface area contributed by atoms with Crippen molar-refractivity contribution >= 4 is 0 Å². The number of nitrogens with zero attached hydrogens (tertiary/aromatic N) is 1. The Hall–Kier alpha value is -0.900. The maximum absolute atomic E-state index is 10.5. The van der Waals surface area contributed by atoms with E-state index in [1.54, 1.807) is 0 Å². The number of ether oxygens (including phenoxy) is 1. The minimum absolute atomic E-state index is 0.260. The van der Waals surface area contributed by atoms with Crippen molar-refractivity contribution in [1.29, 1.82) is 0 Å². The third-order valence-electron chi connectivity index (χ3n) is 3.25. The molecule has 1 heterocycles. The highest BCUT2D eigenvalue weighted by Crippen LogP contribution is 2.22. The molecule has 1 aliphatic heterocycles. The maximum atomic E-state index is 10.5. The van der Waals surface area contributed by atoms with E-state index in [1.165, 1.54) is 0 Å². The number of β-amino-alcohol motifs (C(OH)–C–C–N with tert-alkyl or cyclic N) is 1. The first kappa shape index (κ1) is 12.6. The smallest absolute Gasteiger partial charge is 0.0994 e. The van der Waals surface area contributed by atoms with Crippen LogP contribution in [0.2, 0.25) is 0 Å². The van der Waals surface area contributed by atoms with Gasteiger partial charge in [-0.15, -0.1) is 0 Å². The van der Waals surface area contributed by atoms with Gasteiger partial charge in [0.25, 0.3) is 0 Å². The Labute approximate surface area is 103 Å². The zero-order valence-corrected chi connectivity index (χ0v) is 10.6. The Bertz CT molecular complexity index is 350. The number of aliphatic hydroxyl groups is 1. The highest BCUT2D eigenvalue weighted by Gasteiger charge is 2.28. The van der Waals surface area contributed by atoms with E-state index in [1.807, 2.05) is 37.3 Å². The van der Waals surface area contributed by atoms with Crippen molar-refractivity contribution in [1.82, 2.24) is 4.90 Å². The third-order valence-corrected chi connectivity index (χ3v) is 3.25. The number of hydrogen-bond donors (Lipinski definition) is 1. The average Bonchev–Trinajstić information content (AvgIpc) is 2.29. The number of benzene rings is 1. The van der Waals surface area contributed by atoms with E-state index in [0.717, 1.165) is 25.3 Å². The van der Waals surface area contributed by atoms with Gasteiger partial charge in [0, 0.05) is 19.6 Å². The Morgan fingerprint density at radius 1 is 1.41 bits per heavy atom. The largest absolute Gasteiger partial charge is 0.384 e. The fourth-order valence-corrected chi connectivity index (χ4v) is 2.36. The topological polar surface area (TPSA) is 32.7 Å². The summed E-state index contributed by atoms with van der Waals surface area (Å²) in [6.45, 7) is 7.15. The van der Waals surface area contributed by atoms with Gasteiger partial charge in [-0.1, -0.05) is 30.3 Å². The summed E-state index contributed by atoms with van der Waals surface area (Å²) in [5.41, 5.74) is 0.178. The van der Waals surface area contributed by atoms with Crippen LogP contribution in [-0.4, -0.2) is 42.4 Å². The van der Waals surface area contributed by atoms with Crippen LogP contribution in [0.15, 0.2) is 30.3 Å². The summed E-state index contributed by atoms with van der Waals surface area (Å²) in [5.74, 6) is 0. The van der Waals surface area contributed by atoms with Crippen molar-refractivity contribution in [2.45, 2.75) is 25.6 Å². The predicted molar refractivity (Wildman–Crippen MR) is 67.9 cm³/mol. The zero-order chi connectivity index (χ0) is 12.3. The predicted octanol–water partition coefficient (Wildman–Crippen LogP) is 1.61. The zero-order valence-electron chi connectivity index (χ0n) is 10.6. The number of rotatable bonds is 3. The summed E-state index contributed by atoms with van der Waals surface area (Å²) in [7, 11) is 0. The molecular formula is C14H21NO2. The van der Waals surface area contributed by atoms with Crippen LogP contribution < -0.4 is 0 Å². The highest BCUT2D eigenvalue weighted by molar-refractivity contribution is 5.21. The van der Waals surface area contributed by atoms with Gasteiger partial charge in [-0.05, 0) is 19.4 Å². The Balaban J connectivity index is 2.01. The van der Waals surface area contributed by atoms with Crippen LogP contribution in [-0.2, 0) is 10.3 Å². The monoisotopic (exact) mass is 235 g/mol. The first-order chi connectivity index (χ1) is 8.08. The van der Waals surface area contributed by atoms with E-state index in [4.69, 9.17) is 4.74 Å². The second-order valence-electron chi connectivity index (χ2n) is 5.06. The number of morpholine rings is 1. The number of hydrogen-bond acceptors (Lipinski definition) is 3. The van der Waals surface area contributed by atoms with Crippen LogP contribution in [0.5, 0.6) is 0 Å². The second-order valence-corrected chi connectivity index (χ2v) is 5.06. The standard InChI is InChI=1S/C14H21NO2/c1-12-10-15(8-9-17-12)11-14(2,16)13-6-4-3-5-7-13/h3-7,12,16H,8-11H2,1-2H3. The molecule has 0 bridgehead atoms. The lowest BCUT2D eigenvalue weighted by Gasteiger charge is -2.36. The molecule has 3 heteroatoms. The average molecular weight is 235 g/mol. The Morgan fingerprint density at radius 2 is 2.12 bits per heavy atom. The van der Waals surface area contributed by atoms with Gasteiger partial charge < -0.3 is 9.84 Å². The quantitative estimate of drug-likeness (QED) is 0.864. The van der Waals surface area contributed by atoms with Gasteiger partial charge in [0.15, 0.2) is 0 Å². The van der Waals surface area contributed by atoms with Crippen molar-refractivity contribution < 1.29 is 9.84 Å². The summed E-state index contributed by atoms with van der Waals surface area (Å²) in [6.07, 6.45) is 0.260. The van der Waals surface area contributed by atoms with E-state index >= 15 is 0 Å². The van der Waals surface area contributed by atoms with Crippen LogP contribution in [0.25, 0.3) is 0 Å². The lowest BCUT2D eigenvalue weighted by molar-refractivity contribution is -0.0548. The fraction of sp³-hybridized carbons (Fsp3) is 0.571. The normalized spacial score (nSPS) is 25.5. The van der Waals surface area contributed by atoms with E-state index in [-0.39, 0.29) is 6.10 Å². The minimum atomic E-state index is -0.793. The molecule has 17 heavy (non-hydrogen) atoms. The van der Waals surface area contributed by atoms with Gasteiger partial charge in [0.05, 0.1) is 18.3 Å². The van der Waals surface area contributed by atoms with Crippen LogP contribution in [0.3, 0.4) is 0 Å². The summed E-state index contributed by atoms with van der Waals surface area (Å²) >= 11 is 0. The molecule has 94 valence electrons. The third kappa shape index (κ3) is 3.28. The molecule has 1 saturated heterocycles. The van der Waals surface area contributed by atoms with Gasteiger partial charge in [0.2, 0.25) is 0 Å². The molecule has 2 atom stereocenters. The minimum Gasteiger partial charge on any atom is -0.384 e.